The van der Waals surface area contributed by atoms with E-state index in [0.717, 1.165) is 44.1 Å². The third-order valence-corrected chi connectivity index (χ3v) is 5.81. The van der Waals surface area contributed by atoms with Crippen LogP contribution in [0.2, 0.25) is 0 Å². The van der Waals surface area contributed by atoms with E-state index in [-0.39, 0.29) is 5.97 Å². The summed E-state index contributed by atoms with van der Waals surface area (Å²) in [5, 5.41) is 10.9. The van der Waals surface area contributed by atoms with Gasteiger partial charge in [0.2, 0.25) is 0 Å². The van der Waals surface area contributed by atoms with Gasteiger partial charge in [-0.1, -0.05) is 86.9 Å². The molecule has 1 atom stereocenters. The smallest absolute Gasteiger partial charge is 0.330 e. The highest BCUT2D eigenvalue weighted by Gasteiger charge is 2.30. The number of hydrogen-bond donors (Lipinski definition) is 1. The molecule has 0 bridgehead atoms. The second-order valence-corrected chi connectivity index (χ2v) is 8.41. The van der Waals surface area contributed by atoms with Crippen LogP contribution >= 0.6 is 0 Å². The molecule has 0 amide bonds. The summed E-state index contributed by atoms with van der Waals surface area (Å²) in [6.07, 6.45) is 11.1. The summed E-state index contributed by atoms with van der Waals surface area (Å²) in [6.45, 7) is 4.41. The van der Waals surface area contributed by atoms with Gasteiger partial charge >= 0.3 is 5.97 Å². The van der Waals surface area contributed by atoms with E-state index in [2.05, 4.69) is 16.5 Å². The first-order chi connectivity index (χ1) is 17.6. The molecule has 0 radical (unpaired) electrons. The fourth-order valence-electron chi connectivity index (χ4n) is 3.74. The molecular weight excluding hydrogens is 456 g/mol. The molecule has 3 rings (SSSR count). The number of carbonyl (C=O) groups is 2. The van der Waals surface area contributed by atoms with Gasteiger partial charge < -0.3 is 14.6 Å². The maximum Gasteiger partial charge on any atom is 0.330 e. The van der Waals surface area contributed by atoms with Crippen LogP contribution < -0.4 is 4.74 Å². The molecule has 0 aliphatic heterocycles. The van der Waals surface area contributed by atoms with Gasteiger partial charge in [-0.2, -0.15) is 0 Å². The van der Waals surface area contributed by atoms with Crippen molar-refractivity contribution in [2.75, 3.05) is 13.2 Å². The first kappa shape index (κ1) is 26.8. The van der Waals surface area contributed by atoms with Gasteiger partial charge in [-0.3, -0.25) is 4.79 Å². The van der Waals surface area contributed by atoms with Gasteiger partial charge in [-0.15, -0.1) is 0 Å². The zero-order valence-corrected chi connectivity index (χ0v) is 20.3. The first-order valence-corrected chi connectivity index (χ1v) is 12.2. The van der Waals surface area contributed by atoms with E-state index in [0.29, 0.717) is 42.2 Å². The third kappa shape index (κ3) is 7.58. The lowest BCUT2D eigenvalue weighted by atomic mass is 9.87. The minimum Gasteiger partial charge on any atom is -0.490 e. The summed E-state index contributed by atoms with van der Waals surface area (Å²) in [4.78, 5) is 31.5. The highest BCUT2D eigenvalue weighted by Crippen LogP contribution is 2.29. The maximum absolute atomic E-state index is 11.7. The van der Waals surface area contributed by atoms with Crippen molar-refractivity contribution in [1.82, 2.24) is 9.97 Å². The van der Waals surface area contributed by atoms with Crippen LogP contribution in [0.5, 0.6) is 5.75 Å². The zero-order chi connectivity index (χ0) is 25.6. The van der Waals surface area contributed by atoms with Crippen molar-refractivity contribution in [3.63, 3.8) is 0 Å². The van der Waals surface area contributed by atoms with Crippen molar-refractivity contribution in [2.45, 2.75) is 44.1 Å². The van der Waals surface area contributed by atoms with Crippen molar-refractivity contribution in [3.05, 3.63) is 90.8 Å². The molecule has 188 valence electrons. The normalized spacial score (nSPS) is 12.4. The van der Waals surface area contributed by atoms with Crippen LogP contribution in [0.1, 0.15) is 49.7 Å². The first-order valence-electron chi connectivity index (χ1n) is 12.2. The summed E-state index contributed by atoms with van der Waals surface area (Å²) in [6, 6.07) is 15.8. The Hall–Kier alpha value is -3.84. The van der Waals surface area contributed by atoms with Crippen molar-refractivity contribution in [2.24, 2.45) is 0 Å². The topological polar surface area (TPSA) is 98.6 Å². The van der Waals surface area contributed by atoms with Crippen molar-refractivity contribution in [3.8, 4) is 17.1 Å². The summed E-state index contributed by atoms with van der Waals surface area (Å²) in [5.41, 5.74) is 0.0463. The van der Waals surface area contributed by atoms with Gasteiger partial charge in [-0.05, 0) is 24.0 Å². The predicted octanol–water partition coefficient (Wildman–Crippen LogP) is 5.03. The lowest BCUT2D eigenvalue weighted by molar-refractivity contribution is -0.137. The van der Waals surface area contributed by atoms with Crippen molar-refractivity contribution in [1.29, 1.82) is 0 Å². The third-order valence-electron chi connectivity index (χ3n) is 5.81. The van der Waals surface area contributed by atoms with Gasteiger partial charge in [-0.25, -0.2) is 14.8 Å². The molecule has 1 aromatic heterocycles. The van der Waals surface area contributed by atoms with Crippen molar-refractivity contribution >= 4 is 12.3 Å². The molecule has 1 N–H and O–H groups in total. The van der Waals surface area contributed by atoms with E-state index in [1.807, 2.05) is 6.07 Å². The molecule has 1 heterocycles. The summed E-state index contributed by atoms with van der Waals surface area (Å²) in [7, 11) is 0. The number of rotatable bonds is 15. The van der Waals surface area contributed by atoms with E-state index >= 15 is 0 Å². The number of aliphatic hydroxyl groups is 1. The number of esters is 1. The Balaban J connectivity index is 1.41. The Bertz CT molecular complexity index is 1100. The highest BCUT2D eigenvalue weighted by molar-refractivity contribution is 5.81. The molecule has 0 spiro atoms. The van der Waals surface area contributed by atoms with E-state index in [1.54, 1.807) is 60.9 Å². The average molecular weight is 489 g/mol. The van der Waals surface area contributed by atoms with Crippen LogP contribution in [0, 0.1) is 0 Å². The molecule has 0 aliphatic carbocycles. The number of ether oxygens (including phenoxy) is 2. The monoisotopic (exact) mass is 488 g/mol. The van der Waals surface area contributed by atoms with Crippen LogP contribution in [0.25, 0.3) is 11.4 Å². The molecule has 0 fully saturated rings. The Morgan fingerprint density at radius 2 is 1.44 bits per heavy atom. The van der Waals surface area contributed by atoms with Crippen molar-refractivity contribution < 1.29 is 24.2 Å². The van der Waals surface area contributed by atoms with Gasteiger partial charge in [0.1, 0.15) is 0 Å². The molecule has 0 saturated carbocycles. The van der Waals surface area contributed by atoms with Crippen LogP contribution in [0.3, 0.4) is 0 Å². The number of carbonyl (C=O) groups excluding carboxylic acids is 2. The Morgan fingerprint density at radius 3 is 2.06 bits per heavy atom. The van der Waals surface area contributed by atoms with E-state index in [1.165, 1.54) is 6.08 Å². The van der Waals surface area contributed by atoms with E-state index in [9.17, 15) is 14.7 Å². The lowest BCUT2D eigenvalue weighted by Crippen LogP contribution is -2.28. The predicted molar refractivity (Wildman–Crippen MR) is 137 cm³/mol. The summed E-state index contributed by atoms with van der Waals surface area (Å²) < 4.78 is 10.7. The molecular formula is C29H32N2O5. The molecule has 0 saturated heterocycles. The highest BCUT2D eigenvalue weighted by atomic mass is 16.5. The molecule has 7 heteroatoms. The molecule has 3 aromatic rings. The van der Waals surface area contributed by atoms with Gasteiger partial charge in [0.05, 0.1) is 25.6 Å². The standard InChI is InChI=1S/C29H32N2O5/c1-2-27(33)36-19-11-6-4-3-5-10-18-35-26-20-30-28(31-21-26)23-14-16-25(17-15-23)29(34,22-32)24-12-8-7-9-13-24/h2,7-9,12-17,20-22,34H,1,3-6,10-11,18-19H2. The Morgan fingerprint density at radius 1 is 0.861 bits per heavy atom. The Labute approximate surface area is 211 Å². The lowest BCUT2D eigenvalue weighted by Gasteiger charge is -2.23. The second-order valence-electron chi connectivity index (χ2n) is 8.41. The molecule has 2 aromatic carbocycles. The number of nitrogens with zero attached hydrogens (tertiary/aromatic N) is 2. The number of unbranched alkanes of at least 4 members (excludes halogenated alkanes) is 5. The zero-order valence-electron chi connectivity index (χ0n) is 20.3. The minimum atomic E-state index is -1.71. The minimum absolute atomic E-state index is 0.367. The quantitative estimate of drug-likeness (QED) is 0.139. The number of hydrogen-bond acceptors (Lipinski definition) is 7. The molecule has 0 aliphatic rings. The summed E-state index contributed by atoms with van der Waals surface area (Å²) >= 11 is 0. The fourth-order valence-corrected chi connectivity index (χ4v) is 3.74. The SMILES string of the molecule is C=CC(=O)OCCCCCCCCOc1cnc(-c2ccc(C(O)(C=O)c3ccccc3)cc2)nc1. The Kier molecular flexibility index (Phi) is 10.3. The largest absolute Gasteiger partial charge is 0.490 e. The average Bonchev–Trinajstić information content (AvgIpc) is 2.94. The van der Waals surface area contributed by atoms with Crippen LogP contribution in [0.15, 0.2) is 79.6 Å². The van der Waals surface area contributed by atoms with Crippen LogP contribution in [-0.4, -0.2) is 40.5 Å². The fraction of sp³-hybridized carbons (Fsp3) is 0.310. The van der Waals surface area contributed by atoms with E-state index < -0.39 is 5.60 Å². The van der Waals surface area contributed by atoms with Gasteiger partial charge in [0, 0.05) is 11.6 Å². The van der Waals surface area contributed by atoms with Gasteiger partial charge in [0.15, 0.2) is 23.5 Å². The number of aldehydes is 1. The molecule has 36 heavy (non-hydrogen) atoms. The molecule has 1 unspecified atom stereocenters. The number of aromatic nitrogens is 2. The van der Waals surface area contributed by atoms with E-state index in [4.69, 9.17) is 9.47 Å². The van der Waals surface area contributed by atoms with Crippen LogP contribution in [-0.2, 0) is 19.9 Å². The van der Waals surface area contributed by atoms with Crippen LogP contribution in [0.4, 0.5) is 0 Å². The summed E-state index contributed by atoms with van der Waals surface area (Å²) in [5.74, 6) is 0.772. The second kappa shape index (κ2) is 13.9. The van der Waals surface area contributed by atoms with Gasteiger partial charge in [0.25, 0.3) is 0 Å². The molecule has 7 nitrogen and oxygen atoms in total. The number of benzene rings is 2. The maximum atomic E-state index is 11.7.